The highest BCUT2D eigenvalue weighted by Gasteiger charge is 2.12. The maximum Gasteiger partial charge on any atom is 0.122 e. The second kappa shape index (κ2) is 8.76. The Hall–Kier alpha value is -1.97. The monoisotopic (exact) mass is 345 g/mol. The Morgan fingerprint density at radius 2 is 2.08 bits per heavy atom. The summed E-state index contributed by atoms with van der Waals surface area (Å²) in [5.41, 5.74) is 3.83. The zero-order valence-electron chi connectivity index (χ0n) is 14.2. The van der Waals surface area contributed by atoms with E-state index in [9.17, 15) is 0 Å². The zero-order valence-corrected chi connectivity index (χ0v) is 15.0. The van der Waals surface area contributed by atoms with Gasteiger partial charge in [-0.1, -0.05) is 36.4 Å². The third-order valence-corrected chi connectivity index (χ3v) is 4.03. The minimum absolute atomic E-state index is 0. The number of fused-ring (bicyclic) bond motifs is 1. The Labute approximate surface area is 150 Å². The maximum atomic E-state index is 5.56. The lowest BCUT2D eigenvalue weighted by Crippen LogP contribution is -2.17. The zero-order chi connectivity index (χ0) is 16.1. The molecule has 0 spiro atoms. The van der Waals surface area contributed by atoms with Gasteiger partial charge in [-0.15, -0.1) is 12.4 Å². The summed E-state index contributed by atoms with van der Waals surface area (Å²) >= 11 is 0. The van der Waals surface area contributed by atoms with Gasteiger partial charge in [0.15, 0.2) is 0 Å². The number of nitrogens with zero attached hydrogens (tertiary/aromatic N) is 1. The van der Waals surface area contributed by atoms with Crippen LogP contribution < -0.4 is 9.47 Å². The first-order valence-electron chi connectivity index (χ1n) is 7.98. The van der Waals surface area contributed by atoms with E-state index in [-0.39, 0.29) is 12.4 Å². The second-order valence-corrected chi connectivity index (χ2v) is 5.92. The molecule has 0 saturated heterocycles. The lowest BCUT2D eigenvalue weighted by Gasteiger charge is -2.15. The molecule has 0 N–H and O–H groups in total. The van der Waals surface area contributed by atoms with Crippen molar-refractivity contribution >= 4 is 18.5 Å². The molecule has 0 fully saturated rings. The van der Waals surface area contributed by atoms with Gasteiger partial charge in [0.2, 0.25) is 0 Å². The average molecular weight is 346 g/mol. The first-order valence-corrected chi connectivity index (χ1v) is 7.98. The van der Waals surface area contributed by atoms with Crippen LogP contribution in [-0.2, 0) is 13.0 Å². The van der Waals surface area contributed by atoms with Crippen molar-refractivity contribution in [1.82, 2.24) is 4.90 Å². The van der Waals surface area contributed by atoms with Crippen LogP contribution in [0, 0.1) is 0 Å². The summed E-state index contributed by atoms with van der Waals surface area (Å²) in [6, 6.07) is 14.6. The Morgan fingerprint density at radius 1 is 1.21 bits per heavy atom. The van der Waals surface area contributed by atoms with E-state index in [0.717, 1.165) is 43.2 Å². The largest absolute Gasteiger partial charge is 0.497 e. The summed E-state index contributed by atoms with van der Waals surface area (Å²) in [5.74, 6) is 1.94. The molecule has 0 saturated carbocycles. The summed E-state index contributed by atoms with van der Waals surface area (Å²) in [4.78, 5) is 2.30. The van der Waals surface area contributed by atoms with E-state index in [1.54, 1.807) is 7.11 Å². The third kappa shape index (κ3) is 4.76. The lowest BCUT2D eigenvalue weighted by molar-refractivity contribution is 0.356. The number of benzene rings is 2. The van der Waals surface area contributed by atoms with Crippen molar-refractivity contribution in [2.24, 2.45) is 0 Å². The number of ether oxygens (including phenoxy) is 2. The molecule has 1 heterocycles. The normalized spacial score (nSPS) is 12.8. The Kier molecular flexibility index (Phi) is 6.71. The molecule has 0 unspecified atom stereocenters. The minimum Gasteiger partial charge on any atom is -0.497 e. The van der Waals surface area contributed by atoms with Gasteiger partial charge >= 0.3 is 0 Å². The molecule has 4 heteroatoms. The molecule has 2 aromatic rings. The Balaban J connectivity index is 0.00000208. The SMILES string of the molecule is COc1cccc(/C=C/CN(C)Cc2ccc3c(c2)CCO3)c1.Cl. The van der Waals surface area contributed by atoms with Gasteiger partial charge < -0.3 is 9.47 Å². The van der Waals surface area contributed by atoms with Crippen LogP contribution in [0.2, 0.25) is 0 Å². The molecular weight excluding hydrogens is 322 g/mol. The van der Waals surface area contributed by atoms with E-state index >= 15 is 0 Å². The topological polar surface area (TPSA) is 21.7 Å². The molecule has 0 radical (unpaired) electrons. The minimum atomic E-state index is 0. The predicted octanol–water partition coefficient (Wildman–Crippen LogP) is 4.20. The van der Waals surface area contributed by atoms with E-state index in [2.05, 4.69) is 48.4 Å². The number of hydrogen-bond acceptors (Lipinski definition) is 3. The van der Waals surface area contributed by atoms with Crippen molar-refractivity contribution < 1.29 is 9.47 Å². The van der Waals surface area contributed by atoms with E-state index in [0.29, 0.717) is 0 Å². The fraction of sp³-hybridized carbons (Fsp3) is 0.300. The summed E-state index contributed by atoms with van der Waals surface area (Å²) in [5, 5.41) is 0. The highest BCUT2D eigenvalue weighted by atomic mass is 35.5. The van der Waals surface area contributed by atoms with Gasteiger partial charge in [0.05, 0.1) is 13.7 Å². The van der Waals surface area contributed by atoms with Gasteiger partial charge in [0, 0.05) is 19.5 Å². The van der Waals surface area contributed by atoms with Crippen molar-refractivity contribution in [3.8, 4) is 11.5 Å². The van der Waals surface area contributed by atoms with Crippen LogP contribution >= 0.6 is 12.4 Å². The Morgan fingerprint density at radius 3 is 2.92 bits per heavy atom. The summed E-state index contributed by atoms with van der Waals surface area (Å²) in [7, 11) is 3.83. The molecule has 1 aliphatic heterocycles. The van der Waals surface area contributed by atoms with Crippen molar-refractivity contribution in [2.75, 3.05) is 27.3 Å². The van der Waals surface area contributed by atoms with Crippen molar-refractivity contribution in [1.29, 1.82) is 0 Å². The summed E-state index contributed by atoms with van der Waals surface area (Å²) < 4.78 is 10.8. The summed E-state index contributed by atoms with van der Waals surface area (Å²) in [6.07, 6.45) is 5.35. The number of likely N-dealkylation sites (N-methyl/N-ethyl adjacent to an activating group) is 1. The van der Waals surface area contributed by atoms with Crippen LogP contribution in [-0.4, -0.2) is 32.2 Å². The molecule has 0 bridgehead atoms. The van der Waals surface area contributed by atoms with E-state index in [4.69, 9.17) is 9.47 Å². The Bertz CT molecular complexity index is 700. The molecule has 3 nitrogen and oxygen atoms in total. The quantitative estimate of drug-likeness (QED) is 0.783. The fourth-order valence-corrected chi connectivity index (χ4v) is 2.83. The number of halogens is 1. The van der Waals surface area contributed by atoms with Crippen LogP contribution in [0.3, 0.4) is 0 Å². The number of rotatable bonds is 6. The van der Waals surface area contributed by atoms with Crippen LogP contribution in [0.1, 0.15) is 16.7 Å². The number of hydrogen-bond donors (Lipinski definition) is 0. The van der Waals surface area contributed by atoms with Gasteiger partial charge in [-0.25, -0.2) is 0 Å². The number of methoxy groups -OCH3 is 1. The lowest BCUT2D eigenvalue weighted by atomic mass is 10.1. The predicted molar refractivity (Wildman–Crippen MR) is 101 cm³/mol. The van der Waals surface area contributed by atoms with E-state index in [1.165, 1.54) is 11.1 Å². The molecule has 0 atom stereocenters. The molecule has 3 rings (SSSR count). The van der Waals surface area contributed by atoms with Crippen LogP contribution in [0.4, 0.5) is 0 Å². The van der Waals surface area contributed by atoms with Crippen molar-refractivity contribution in [2.45, 2.75) is 13.0 Å². The van der Waals surface area contributed by atoms with Crippen LogP contribution in [0.25, 0.3) is 6.08 Å². The van der Waals surface area contributed by atoms with Gasteiger partial charge in [0.1, 0.15) is 11.5 Å². The average Bonchev–Trinajstić information content (AvgIpc) is 3.02. The van der Waals surface area contributed by atoms with Gasteiger partial charge in [0.25, 0.3) is 0 Å². The van der Waals surface area contributed by atoms with Crippen LogP contribution in [0.15, 0.2) is 48.5 Å². The highest BCUT2D eigenvalue weighted by Crippen LogP contribution is 2.26. The molecule has 1 aliphatic rings. The molecular formula is C20H24ClNO2. The van der Waals surface area contributed by atoms with Crippen molar-refractivity contribution in [3.05, 3.63) is 65.2 Å². The molecule has 2 aromatic carbocycles. The highest BCUT2D eigenvalue weighted by molar-refractivity contribution is 5.85. The standard InChI is InChI=1S/C20H23NO2.ClH/c1-21(11-4-6-16-5-3-7-19(14-16)22-2)15-17-8-9-20-18(13-17)10-12-23-20;/h3-9,13-14H,10-12,15H2,1-2H3;1H/b6-4+;. The first kappa shape index (κ1) is 18.4. The van der Waals surface area contributed by atoms with Gasteiger partial charge in [-0.3, -0.25) is 4.90 Å². The third-order valence-electron chi connectivity index (χ3n) is 4.03. The van der Waals surface area contributed by atoms with E-state index in [1.807, 2.05) is 18.2 Å². The summed E-state index contributed by atoms with van der Waals surface area (Å²) in [6.45, 7) is 2.67. The fourth-order valence-electron chi connectivity index (χ4n) is 2.83. The smallest absolute Gasteiger partial charge is 0.122 e. The molecule has 0 amide bonds. The van der Waals surface area contributed by atoms with Gasteiger partial charge in [-0.2, -0.15) is 0 Å². The molecule has 0 aromatic heterocycles. The van der Waals surface area contributed by atoms with Crippen LogP contribution in [0.5, 0.6) is 11.5 Å². The first-order chi connectivity index (χ1) is 11.2. The second-order valence-electron chi connectivity index (χ2n) is 5.92. The molecule has 24 heavy (non-hydrogen) atoms. The molecule has 128 valence electrons. The van der Waals surface area contributed by atoms with Crippen molar-refractivity contribution in [3.63, 3.8) is 0 Å². The van der Waals surface area contributed by atoms with E-state index < -0.39 is 0 Å². The maximum absolute atomic E-state index is 5.56. The molecule has 0 aliphatic carbocycles. The van der Waals surface area contributed by atoms with Gasteiger partial charge in [-0.05, 0) is 41.9 Å².